The van der Waals surface area contributed by atoms with Gasteiger partial charge in [-0.15, -0.1) is 5.10 Å². The van der Waals surface area contributed by atoms with Crippen molar-refractivity contribution in [1.82, 2.24) is 20.0 Å². The third-order valence-corrected chi connectivity index (χ3v) is 3.08. The van der Waals surface area contributed by atoms with E-state index in [-0.39, 0.29) is 13.0 Å². The van der Waals surface area contributed by atoms with Crippen molar-refractivity contribution in [1.29, 1.82) is 0 Å². The Balaban J connectivity index is 2.45. The fourth-order valence-electron chi connectivity index (χ4n) is 2.05. The summed E-state index contributed by atoms with van der Waals surface area (Å²) in [7, 11) is 1.70. The molecule has 0 radical (unpaired) electrons. The monoisotopic (exact) mass is 276 g/mol. The minimum Gasteiger partial charge on any atom is -0.481 e. The Morgan fingerprint density at radius 1 is 1.40 bits per heavy atom. The van der Waals surface area contributed by atoms with E-state index in [1.54, 1.807) is 19.2 Å². The van der Waals surface area contributed by atoms with Crippen molar-refractivity contribution in [3.05, 3.63) is 29.1 Å². The molecule has 20 heavy (non-hydrogen) atoms. The molecule has 2 aromatic heterocycles. The molecule has 2 N–H and O–H groups in total. The molecule has 106 valence electrons. The number of hydrogen-bond acceptors (Lipinski definition) is 5. The molecule has 0 saturated heterocycles. The number of carbonyl (C=O) groups is 1. The summed E-state index contributed by atoms with van der Waals surface area (Å²) in [5, 5.41) is 26.1. The maximum Gasteiger partial charge on any atom is 0.307 e. The quantitative estimate of drug-likeness (QED) is 0.827. The van der Waals surface area contributed by atoms with Gasteiger partial charge in [-0.3, -0.25) is 9.78 Å². The number of nitrogens with zero attached hydrogens (tertiary/aromatic N) is 4. The highest BCUT2D eigenvalue weighted by Crippen LogP contribution is 2.21. The first-order valence-corrected chi connectivity index (χ1v) is 6.27. The third kappa shape index (κ3) is 2.67. The minimum atomic E-state index is -0.884. The highest BCUT2D eigenvalue weighted by molar-refractivity contribution is 5.71. The summed E-state index contributed by atoms with van der Waals surface area (Å²) in [5.74, 6) is -0.884. The molecule has 0 amide bonds. The SMILES string of the molecule is CCc1nc(-c2nnn(C)c2CO)ccc1CC(=O)O. The van der Waals surface area contributed by atoms with Crippen molar-refractivity contribution < 1.29 is 15.0 Å². The van der Waals surface area contributed by atoms with Crippen LogP contribution in [0.3, 0.4) is 0 Å². The summed E-state index contributed by atoms with van der Waals surface area (Å²) in [6, 6.07) is 3.45. The van der Waals surface area contributed by atoms with Gasteiger partial charge in [-0.05, 0) is 18.1 Å². The summed E-state index contributed by atoms with van der Waals surface area (Å²) >= 11 is 0. The standard InChI is InChI=1S/C13H16N4O3/c1-3-9-8(6-12(19)20)4-5-10(14-9)13-11(7-18)17(2)16-15-13/h4-5,18H,3,6-7H2,1-2H3,(H,19,20). The van der Waals surface area contributed by atoms with Gasteiger partial charge in [-0.25, -0.2) is 4.68 Å². The van der Waals surface area contributed by atoms with Gasteiger partial charge in [0.1, 0.15) is 5.69 Å². The molecule has 2 heterocycles. The molecule has 0 aliphatic rings. The highest BCUT2D eigenvalue weighted by Gasteiger charge is 2.15. The molecule has 0 unspecified atom stereocenters. The van der Waals surface area contributed by atoms with E-state index in [0.29, 0.717) is 29.1 Å². The van der Waals surface area contributed by atoms with E-state index in [9.17, 15) is 9.90 Å². The van der Waals surface area contributed by atoms with Crippen LogP contribution in [0.4, 0.5) is 0 Å². The van der Waals surface area contributed by atoms with Crippen LogP contribution in [0.1, 0.15) is 23.9 Å². The molecule has 2 rings (SSSR count). The number of pyridine rings is 1. The molecule has 2 aromatic rings. The molecular formula is C13H16N4O3. The average molecular weight is 276 g/mol. The summed E-state index contributed by atoms with van der Waals surface area (Å²) in [4.78, 5) is 15.3. The third-order valence-electron chi connectivity index (χ3n) is 3.08. The molecule has 0 fully saturated rings. The van der Waals surface area contributed by atoms with Crippen LogP contribution in [0.15, 0.2) is 12.1 Å². The van der Waals surface area contributed by atoms with Gasteiger partial charge in [-0.1, -0.05) is 18.2 Å². The predicted octanol–water partition coefficient (Wildman–Crippen LogP) is 0.559. The first-order chi connectivity index (χ1) is 9.56. The van der Waals surface area contributed by atoms with Crippen molar-refractivity contribution in [2.45, 2.75) is 26.4 Å². The Kier molecular flexibility index (Phi) is 4.09. The number of aromatic nitrogens is 4. The fourth-order valence-corrected chi connectivity index (χ4v) is 2.05. The van der Waals surface area contributed by atoms with Gasteiger partial charge in [0.25, 0.3) is 0 Å². The topological polar surface area (TPSA) is 101 Å². The van der Waals surface area contributed by atoms with Crippen LogP contribution >= 0.6 is 0 Å². The summed E-state index contributed by atoms with van der Waals surface area (Å²) < 4.78 is 1.49. The second kappa shape index (κ2) is 5.79. The average Bonchev–Trinajstić information content (AvgIpc) is 2.79. The summed E-state index contributed by atoms with van der Waals surface area (Å²) in [6.07, 6.45) is 0.578. The van der Waals surface area contributed by atoms with E-state index >= 15 is 0 Å². The molecule has 0 atom stereocenters. The number of hydrogen-bond donors (Lipinski definition) is 2. The van der Waals surface area contributed by atoms with Gasteiger partial charge in [0, 0.05) is 12.7 Å². The number of aryl methyl sites for hydroxylation is 2. The summed E-state index contributed by atoms with van der Waals surface area (Å²) in [6.45, 7) is 1.74. The largest absolute Gasteiger partial charge is 0.481 e. The lowest BCUT2D eigenvalue weighted by Gasteiger charge is -2.07. The van der Waals surface area contributed by atoms with E-state index in [0.717, 1.165) is 5.69 Å². The Bertz CT molecular complexity index is 637. The number of carboxylic acid groups (broad SMARTS) is 1. The molecule has 0 saturated carbocycles. The first-order valence-electron chi connectivity index (χ1n) is 6.27. The van der Waals surface area contributed by atoms with Gasteiger partial charge < -0.3 is 10.2 Å². The number of aliphatic hydroxyl groups excluding tert-OH is 1. The molecule has 0 spiro atoms. The number of aliphatic carboxylic acids is 1. The minimum absolute atomic E-state index is 0.0518. The number of rotatable bonds is 5. The van der Waals surface area contributed by atoms with E-state index in [2.05, 4.69) is 15.3 Å². The second-order valence-corrected chi connectivity index (χ2v) is 4.39. The van der Waals surface area contributed by atoms with Crippen LogP contribution < -0.4 is 0 Å². The highest BCUT2D eigenvalue weighted by atomic mass is 16.4. The Labute approximate surface area is 115 Å². The molecule has 0 aliphatic carbocycles. The lowest BCUT2D eigenvalue weighted by atomic mass is 10.1. The first kappa shape index (κ1) is 14.1. The van der Waals surface area contributed by atoms with Crippen LogP contribution in [-0.2, 0) is 31.3 Å². The lowest BCUT2D eigenvalue weighted by molar-refractivity contribution is -0.136. The molecular weight excluding hydrogens is 260 g/mol. The molecule has 7 heteroatoms. The zero-order chi connectivity index (χ0) is 14.7. The number of aliphatic hydroxyl groups is 1. The van der Waals surface area contributed by atoms with Crippen LogP contribution in [0, 0.1) is 0 Å². The zero-order valence-corrected chi connectivity index (χ0v) is 11.4. The molecule has 7 nitrogen and oxygen atoms in total. The van der Waals surface area contributed by atoms with Gasteiger partial charge >= 0.3 is 5.97 Å². The Hall–Kier alpha value is -2.28. The maximum absolute atomic E-state index is 10.8. The van der Waals surface area contributed by atoms with Crippen molar-refractivity contribution in [3.8, 4) is 11.4 Å². The zero-order valence-electron chi connectivity index (χ0n) is 11.4. The van der Waals surface area contributed by atoms with Gasteiger partial charge in [0.05, 0.1) is 24.4 Å². The van der Waals surface area contributed by atoms with E-state index < -0.39 is 5.97 Å². The van der Waals surface area contributed by atoms with Crippen LogP contribution in [0.5, 0.6) is 0 Å². The van der Waals surface area contributed by atoms with E-state index in [1.165, 1.54) is 4.68 Å². The van der Waals surface area contributed by atoms with Gasteiger partial charge in [0.15, 0.2) is 0 Å². The van der Waals surface area contributed by atoms with Crippen molar-refractivity contribution >= 4 is 5.97 Å². The number of carboxylic acids is 1. The Morgan fingerprint density at radius 3 is 2.75 bits per heavy atom. The van der Waals surface area contributed by atoms with E-state index in [4.69, 9.17) is 5.11 Å². The molecule has 0 bridgehead atoms. The Morgan fingerprint density at radius 2 is 2.15 bits per heavy atom. The van der Waals surface area contributed by atoms with Crippen LogP contribution in [-0.4, -0.2) is 36.2 Å². The lowest BCUT2D eigenvalue weighted by Crippen LogP contribution is -2.06. The maximum atomic E-state index is 10.8. The van der Waals surface area contributed by atoms with Crippen molar-refractivity contribution in [3.63, 3.8) is 0 Å². The van der Waals surface area contributed by atoms with Crippen LogP contribution in [0.25, 0.3) is 11.4 Å². The fraction of sp³-hybridized carbons (Fsp3) is 0.385. The smallest absolute Gasteiger partial charge is 0.307 e. The van der Waals surface area contributed by atoms with Gasteiger partial charge in [0.2, 0.25) is 0 Å². The predicted molar refractivity (Wildman–Crippen MR) is 70.9 cm³/mol. The normalized spacial score (nSPS) is 10.8. The molecule has 0 aromatic carbocycles. The van der Waals surface area contributed by atoms with Gasteiger partial charge in [-0.2, -0.15) is 0 Å². The van der Waals surface area contributed by atoms with Crippen LogP contribution in [0.2, 0.25) is 0 Å². The second-order valence-electron chi connectivity index (χ2n) is 4.39. The van der Waals surface area contributed by atoms with E-state index in [1.807, 2.05) is 6.92 Å². The van der Waals surface area contributed by atoms with Crippen molar-refractivity contribution in [2.24, 2.45) is 7.05 Å². The summed E-state index contributed by atoms with van der Waals surface area (Å²) in [5.41, 5.74) is 3.10. The van der Waals surface area contributed by atoms with Crippen molar-refractivity contribution in [2.75, 3.05) is 0 Å². The molecule has 0 aliphatic heterocycles.